The zero-order valence-corrected chi connectivity index (χ0v) is 8.78. The van der Waals surface area contributed by atoms with Gasteiger partial charge in [-0.15, -0.1) is 0 Å². The molecule has 0 radical (unpaired) electrons. The molecule has 0 saturated carbocycles. The van der Waals surface area contributed by atoms with Crippen LogP contribution in [0.3, 0.4) is 0 Å². The quantitative estimate of drug-likeness (QED) is 0.581. The molecule has 0 aliphatic rings. The van der Waals surface area contributed by atoms with Crippen LogP contribution in [0.2, 0.25) is 0 Å². The molecule has 3 N–H and O–H groups in total. The van der Waals surface area contributed by atoms with Gasteiger partial charge in [0.05, 0.1) is 13.1 Å². The Morgan fingerprint density at radius 3 is 2.31 bits per heavy atom. The Hall–Kier alpha value is -1.31. The topological polar surface area (TPSA) is 70.2 Å². The van der Waals surface area contributed by atoms with Gasteiger partial charge in [0, 0.05) is 20.0 Å². The van der Waals surface area contributed by atoms with E-state index >= 15 is 0 Å². The molecular formula is C8H14F3N3O2. The lowest BCUT2D eigenvalue weighted by Gasteiger charge is -2.08. The second kappa shape index (κ2) is 7.04. The zero-order chi connectivity index (χ0) is 12.6. The maximum Gasteiger partial charge on any atom is 0.401 e. The first-order chi connectivity index (χ1) is 7.35. The number of carbonyl (C=O) groups is 2. The van der Waals surface area contributed by atoms with Crippen molar-refractivity contribution in [1.82, 2.24) is 16.0 Å². The number of halogens is 3. The van der Waals surface area contributed by atoms with Gasteiger partial charge in [-0.3, -0.25) is 9.59 Å². The van der Waals surface area contributed by atoms with Crippen LogP contribution in [0, 0.1) is 0 Å². The van der Waals surface area contributed by atoms with Crippen molar-refractivity contribution >= 4 is 11.8 Å². The number of nitrogens with one attached hydrogen (secondary N) is 3. The van der Waals surface area contributed by atoms with Crippen LogP contribution in [0.15, 0.2) is 0 Å². The molecular weight excluding hydrogens is 227 g/mol. The summed E-state index contributed by atoms with van der Waals surface area (Å²) in [6.07, 6.45) is -4.23. The van der Waals surface area contributed by atoms with E-state index in [1.165, 1.54) is 7.05 Å². The van der Waals surface area contributed by atoms with Crippen LogP contribution >= 0.6 is 0 Å². The second-order valence-corrected chi connectivity index (χ2v) is 2.99. The predicted octanol–water partition coefficient (Wildman–Crippen LogP) is -0.609. The molecule has 0 aromatic rings. The van der Waals surface area contributed by atoms with Gasteiger partial charge < -0.3 is 16.0 Å². The van der Waals surface area contributed by atoms with Gasteiger partial charge in [-0.25, -0.2) is 0 Å². The average Bonchev–Trinajstić information content (AvgIpc) is 2.15. The Morgan fingerprint density at radius 1 is 1.19 bits per heavy atom. The highest BCUT2D eigenvalue weighted by Gasteiger charge is 2.26. The van der Waals surface area contributed by atoms with Crippen LogP contribution in [-0.2, 0) is 9.59 Å². The Morgan fingerprint density at radius 2 is 1.81 bits per heavy atom. The highest BCUT2D eigenvalue weighted by atomic mass is 19.4. The van der Waals surface area contributed by atoms with Gasteiger partial charge in [0.25, 0.3) is 0 Å². The van der Waals surface area contributed by atoms with Crippen molar-refractivity contribution in [2.75, 3.05) is 26.7 Å². The van der Waals surface area contributed by atoms with E-state index in [9.17, 15) is 22.8 Å². The predicted molar refractivity (Wildman–Crippen MR) is 50.6 cm³/mol. The van der Waals surface area contributed by atoms with E-state index in [1.54, 1.807) is 0 Å². The van der Waals surface area contributed by atoms with E-state index in [0.29, 0.717) is 0 Å². The summed E-state index contributed by atoms with van der Waals surface area (Å²) in [6, 6.07) is 0. The summed E-state index contributed by atoms with van der Waals surface area (Å²) in [5.41, 5.74) is 0. The number of hydrogen-bond acceptors (Lipinski definition) is 3. The molecule has 0 atom stereocenters. The van der Waals surface area contributed by atoms with Crippen LogP contribution < -0.4 is 16.0 Å². The lowest BCUT2D eigenvalue weighted by molar-refractivity contribution is -0.128. The average molecular weight is 241 g/mol. The van der Waals surface area contributed by atoms with E-state index in [0.717, 1.165) is 0 Å². The van der Waals surface area contributed by atoms with Gasteiger partial charge in [-0.2, -0.15) is 13.2 Å². The SMILES string of the molecule is CNC(=O)CCNC(=O)CNCC(F)(F)F. The molecule has 0 aromatic heterocycles. The van der Waals surface area contributed by atoms with E-state index in [2.05, 4.69) is 10.6 Å². The molecule has 0 saturated heterocycles. The number of rotatable bonds is 6. The third kappa shape index (κ3) is 9.25. The molecule has 16 heavy (non-hydrogen) atoms. The minimum Gasteiger partial charge on any atom is -0.359 e. The minimum atomic E-state index is -4.33. The van der Waals surface area contributed by atoms with Crippen LogP contribution in [-0.4, -0.2) is 44.7 Å². The number of hydrogen-bond donors (Lipinski definition) is 3. The first-order valence-electron chi connectivity index (χ1n) is 4.60. The van der Waals surface area contributed by atoms with Gasteiger partial charge in [0.15, 0.2) is 0 Å². The van der Waals surface area contributed by atoms with Gasteiger partial charge in [-0.05, 0) is 0 Å². The maximum atomic E-state index is 11.7. The lowest BCUT2D eigenvalue weighted by Crippen LogP contribution is -2.39. The summed E-state index contributed by atoms with van der Waals surface area (Å²) in [5.74, 6) is -0.822. The first-order valence-corrected chi connectivity index (χ1v) is 4.60. The molecule has 8 heteroatoms. The zero-order valence-electron chi connectivity index (χ0n) is 8.78. The fourth-order valence-corrected chi connectivity index (χ4v) is 0.821. The fraction of sp³-hybridized carbons (Fsp3) is 0.750. The summed E-state index contributed by atoms with van der Waals surface area (Å²) in [6.45, 7) is -1.53. The van der Waals surface area contributed by atoms with Crippen LogP contribution in [0.1, 0.15) is 6.42 Å². The highest BCUT2D eigenvalue weighted by Crippen LogP contribution is 2.11. The van der Waals surface area contributed by atoms with Gasteiger partial charge >= 0.3 is 6.18 Å². The third-order valence-corrected chi connectivity index (χ3v) is 1.56. The summed E-state index contributed by atoms with van der Waals surface area (Å²) in [4.78, 5) is 21.6. The number of alkyl halides is 3. The fourth-order valence-electron chi connectivity index (χ4n) is 0.821. The van der Waals surface area contributed by atoms with E-state index in [-0.39, 0.29) is 18.9 Å². The van der Waals surface area contributed by atoms with Crippen molar-refractivity contribution in [3.05, 3.63) is 0 Å². The van der Waals surface area contributed by atoms with Crippen LogP contribution in [0.5, 0.6) is 0 Å². The van der Waals surface area contributed by atoms with Gasteiger partial charge in [-0.1, -0.05) is 0 Å². The molecule has 94 valence electrons. The smallest absolute Gasteiger partial charge is 0.359 e. The summed E-state index contributed by atoms with van der Waals surface area (Å²) in [5, 5.41) is 6.59. The third-order valence-electron chi connectivity index (χ3n) is 1.56. The van der Waals surface area contributed by atoms with Crippen molar-refractivity contribution in [3.63, 3.8) is 0 Å². The van der Waals surface area contributed by atoms with Crippen molar-refractivity contribution in [2.45, 2.75) is 12.6 Å². The van der Waals surface area contributed by atoms with E-state index in [4.69, 9.17) is 0 Å². The molecule has 0 aromatic carbocycles. The molecule has 0 spiro atoms. The van der Waals surface area contributed by atoms with Crippen molar-refractivity contribution in [3.8, 4) is 0 Å². The van der Waals surface area contributed by atoms with Crippen molar-refractivity contribution < 1.29 is 22.8 Å². The van der Waals surface area contributed by atoms with E-state index in [1.807, 2.05) is 5.32 Å². The Labute approximate surface area is 90.8 Å². The maximum absolute atomic E-state index is 11.7. The molecule has 0 aliphatic heterocycles. The van der Waals surface area contributed by atoms with Gasteiger partial charge in [0.2, 0.25) is 11.8 Å². The molecule has 0 fully saturated rings. The van der Waals surface area contributed by atoms with Crippen LogP contribution in [0.25, 0.3) is 0 Å². The molecule has 2 amide bonds. The summed E-state index contributed by atoms with van der Waals surface area (Å²) in [7, 11) is 1.45. The lowest BCUT2D eigenvalue weighted by atomic mass is 10.4. The van der Waals surface area contributed by atoms with Crippen molar-refractivity contribution in [2.24, 2.45) is 0 Å². The highest BCUT2D eigenvalue weighted by molar-refractivity contribution is 5.79. The Balaban J connectivity index is 3.49. The standard InChI is InChI=1S/C8H14F3N3O2/c1-12-6(15)2-3-14-7(16)4-13-5-8(9,10)11/h13H,2-5H2,1H3,(H,12,15)(H,14,16). The van der Waals surface area contributed by atoms with Gasteiger partial charge in [0.1, 0.15) is 0 Å². The first kappa shape index (κ1) is 14.7. The molecule has 0 rings (SSSR count). The Bertz CT molecular complexity index is 243. The molecule has 0 aliphatic carbocycles. The monoisotopic (exact) mass is 241 g/mol. The minimum absolute atomic E-state index is 0.0987. The van der Waals surface area contributed by atoms with E-state index < -0.39 is 25.2 Å². The largest absolute Gasteiger partial charge is 0.401 e. The summed E-state index contributed by atoms with van der Waals surface area (Å²) < 4.78 is 35.0. The Kier molecular flexibility index (Phi) is 6.47. The molecule has 5 nitrogen and oxygen atoms in total. The molecule has 0 bridgehead atoms. The molecule has 0 unspecified atom stereocenters. The number of carbonyl (C=O) groups excluding carboxylic acids is 2. The van der Waals surface area contributed by atoms with Crippen LogP contribution in [0.4, 0.5) is 13.2 Å². The normalized spacial score (nSPS) is 11.0. The molecule has 0 heterocycles. The number of amides is 2. The second-order valence-electron chi connectivity index (χ2n) is 2.99. The van der Waals surface area contributed by atoms with Crippen molar-refractivity contribution in [1.29, 1.82) is 0 Å². The summed E-state index contributed by atoms with van der Waals surface area (Å²) >= 11 is 0.